The molecule has 1 amide bonds. The Hall–Kier alpha value is -0.550. The van der Waals surface area contributed by atoms with Gasteiger partial charge in [0.25, 0.3) is 0 Å². The van der Waals surface area contributed by atoms with Gasteiger partial charge in [-0.25, -0.2) is 4.39 Å². The molecule has 0 radical (unpaired) electrons. The van der Waals surface area contributed by atoms with E-state index in [1.807, 2.05) is 0 Å². The number of nitrogens with two attached hydrogens (primary N) is 1. The highest BCUT2D eigenvalue weighted by Gasteiger charge is 2.27. The van der Waals surface area contributed by atoms with Crippen molar-refractivity contribution in [3.8, 4) is 0 Å². The van der Waals surface area contributed by atoms with E-state index in [0.29, 0.717) is 17.0 Å². The van der Waals surface area contributed by atoms with Gasteiger partial charge in [0, 0.05) is 22.5 Å². The van der Waals surface area contributed by atoms with Crippen molar-refractivity contribution in [3.63, 3.8) is 0 Å². The molecule has 0 aromatic heterocycles. The van der Waals surface area contributed by atoms with E-state index in [1.54, 1.807) is 6.92 Å². The third-order valence-corrected chi connectivity index (χ3v) is 4.67. The van der Waals surface area contributed by atoms with Crippen LogP contribution in [0.4, 0.5) is 4.39 Å². The fourth-order valence-electron chi connectivity index (χ4n) is 2.81. The molecule has 1 aliphatic rings. The average molecular weight is 370 g/mol. The van der Waals surface area contributed by atoms with Crippen LogP contribution in [0.25, 0.3) is 0 Å². The number of hydrogen-bond donors (Lipinski definition) is 2. The second kappa shape index (κ2) is 8.34. The predicted molar refractivity (Wildman–Crippen MR) is 90.2 cm³/mol. The fourth-order valence-corrected chi connectivity index (χ4v) is 3.51. The molecule has 0 bridgehead atoms. The van der Waals surface area contributed by atoms with E-state index in [-0.39, 0.29) is 35.3 Å². The average Bonchev–Trinajstić information content (AvgIpc) is 2.43. The SMILES string of the molecule is CC(NC(=O)C1CCCC(N)C1)c1c(Cl)ccc(F)c1Cl.Cl. The van der Waals surface area contributed by atoms with Gasteiger partial charge in [-0.2, -0.15) is 0 Å². The Morgan fingerprint density at radius 3 is 2.73 bits per heavy atom. The van der Waals surface area contributed by atoms with E-state index in [9.17, 15) is 9.18 Å². The van der Waals surface area contributed by atoms with E-state index >= 15 is 0 Å². The molecule has 3 N–H and O–H groups in total. The summed E-state index contributed by atoms with van der Waals surface area (Å²) in [5.41, 5.74) is 6.31. The van der Waals surface area contributed by atoms with E-state index in [1.165, 1.54) is 12.1 Å². The Labute approximate surface area is 146 Å². The lowest BCUT2D eigenvalue weighted by molar-refractivity contribution is -0.126. The zero-order valence-corrected chi connectivity index (χ0v) is 14.6. The van der Waals surface area contributed by atoms with Gasteiger partial charge in [-0.15, -0.1) is 12.4 Å². The third-order valence-electron chi connectivity index (χ3n) is 3.96. The van der Waals surface area contributed by atoms with Gasteiger partial charge in [-0.1, -0.05) is 29.6 Å². The van der Waals surface area contributed by atoms with Crippen LogP contribution in [0.5, 0.6) is 0 Å². The molecule has 3 atom stereocenters. The minimum atomic E-state index is -0.545. The lowest BCUT2D eigenvalue weighted by atomic mass is 9.85. The molecule has 124 valence electrons. The largest absolute Gasteiger partial charge is 0.349 e. The molecule has 1 aromatic rings. The summed E-state index contributed by atoms with van der Waals surface area (Å²) in [4.78, 5) is 12.3. The minimum absolute atomic E-state index is 0. The highest BCUT2D eigenvalue weighted by molar-refractivity contribution is 6.36. The molecular formula is C15H20Cl3FN2O. The van der Waals surface area contributed by atoms with Crippen molar-refractivity contribution in [1.82, 2.24) is 5.32 Å². The van der Waals surface area contributed by atoms with Crippen LogP contribution >= 0.6 is 35.6 Å². The van der Waals surface area contributed by atoms with Crippen molar-refractivity contribution in [2.24, 2.45) is 11.7 Å². The minimum Gasteiger partial charge on any atom is -0.349 e. The molecule has 3 nitrogen and oxygen atoms in total. The van der Waals surface area contributed by atoms with Gasteiger partial charge in [-0.05, 0) is 38.3 Å². The number of carbonyl (C=O) groups is 1. The zero-order chi connectivity index (χ0) is 15.6. The van der Waals surface area contributed by atoms with Crippen molar-refractivity contribution >= 4 is 41.5 Å². The number of benzene rings is 1. The van der Waals surface area contributed by atoms with Gasteiger partial charge in [0.2, 0.25) is 5.91 Å². The smallest absolute Gasteiger partial charge is 0.223 e. The highest BCUT2D eigenvalue weighted by Crippen LogP contribution is 2.33. The molecule has 0 heterocycles. The second-order valence-corrected chi connectivity index (χ2v) is 6.40. The molecule has 1 aromatic carbocycles. The maximum atomic E-state index is 13.5. The normalized spacial score (nSPS) is 22.6. The first-order valence-electron chi connectivity index (χ1n) is 7.09. The number of hydrogen-bond acceptors (Lipinski definition) is 2. The van der Waals surface area contributed by atoms with Crippen LogP contribution in [0.15, 0.2) is 12.1 Å². The van der Waals surface area contributed by atoms with Gasteiger partial charge in [0.15, 0.2) is 0 Å². The Morgan fingerprint density at radius 2 is 2.09 bits per heavy atom. The van der Waals surface area contributed by atoms with Gasteiger partial charge < -0.3 is 11.1 Å². The van der Waals surface area contributed by atoms with Crippen LogP contribution in [0.3, 0.4) is 0 Å². The van der Waals surface area contributed by atoms with Gasteiger partial charge in [0.05, 0.1) is 11.1 Å². The van der Waals surface area contributed by atoms with Gasteiger partial charge in [-0.3, -0.25) is 4.79 Å². The summed E-state index contributed by atoms with van der Waals surface area (Å²) >= 11 is 12.0. The monoisotopic (exact) mass is 368 g/mol. The van der Waals surface area contributed by atoms with Crippen LogP contribution in [0.1, 0.15) is 44.2 Å². The second-order valence-electron chi connectivity index (χ2n) is 5.61. The molecule has 0 aliphatic heterocycles. The van der Waals surface area contributed by atoms with Crippen molar-refractivity contribution < 1.29 is 9.18 Å². The predicted octanol–water partition coefficient (Wildman–Crippen LogP) is 4.25. The quantitative estimate of drug-likeness (QED) is 0.783. The summed E-state index contributed by atoms with van der Waals surface area (Å²) in [6, 6.07) is 2.28. The topological polar surface area (TPSA) is 55.1 Å². The molecule has 0 spiro atoms. The van der Waals surface area contributed by atoms with Gasteiger partial charge >= 0.3 is 0 Å². The summed E-state index contributed by atoms with van der Waals surface area (Å²) in [6.45, 7) is 1.74. The molecule has 3 unspecified atom stereocenters. The first-order chi connectivity index (χ1) is 9.90. The van der Waals surface area contributed by atoms with Crippen LogP contribution in [-0.2, 0) is 4.79 Å². The number of rotatable bonds is 3. The van der Waals surface area contributed by atoms with Crippen LogP contribution in [-0.4, -0.2) is 11.9 Å². The number of carbonyl (C=O) groups excluding carboxylic acids is 1. The Kier molecular flexibility index (Phi) is 7.39. The van der Waals surface area contributed by atoms with Crippen LogP contribution in [0.2, 0.25) is 10.0 Å². The molecule has 1 aliphatic carbocycles. The number of halogens is 4. The van der Waals surface area contributed by atoms with E-state index in [2.05, 4.69) is 5.32 Å². The fraction of sp³-hybridized carbons (Fsp3) is 0.533. The zero-order valence-electron chi connectivity index (χ0n) is 12.2. The van der Waals surface area contributed by atoms with Crippen LogP contribution < -0.4 is 11.1 Å². The Balaban J connectivity index is 0.00000242. The van der Waals surface area contributed by atoms with Gasteiger partial charge in [0.1, 0.15) is 5.82 Å². The van der Waals surface area contributed by atoms with Crippen LogP contribution in [0, 0.1) is 11.7 Å². The summed E-state index contributed by atoms with van der Waals surface area (Å²) < 4.78 is 13.5. The maximum absolute atomic E-state index is 13.5. The highest BCUT2D eigenvalue weighted by atomic mass is 35.5. The Morgan fingerprint density at radius 1 is 1.41 bits per heavy atom. The van der Waals surface area contributed by atoms with E-state index in [0.717, 1.165) is 19.3 Å². The van der Waals surface area contributed by atoms with E-state index < -0.39 is 11.9 Å². The van der Waals surface area contributed by atoms with Crippen molar-refractivity contribution in [2.75, 3.05) is 0 Å². The van der Waals surface area contributed by atoms with Crippen molar-refractivity contribution in [1.29, 1.82) is 0 Å². The summed E-state index contributed by atoms with van der Waals surface area (Å²) in [5, 5.41) is 3.16. The molecular weight excluding hydrogens is 350 g/mol. The first kappa shape index (κ1) is 19.5. The lowest BCUT2D eigenvalue weighted by Crippen LogP contribution is -2.38. The molecule has 2 rings (SSSR count). The molecule has 0 saturated heterocycles. The lowest BCUT2D eigenvalue weighted by Gasteiger charge is -2.27. The molecule has 22 heavy (non-hydrogen) atoms. The third kappa shape index (κ3) is 4.48. The van der Waals surface area contributed by atoms with Crippen molar-refractivity contribution in [3.05, 3.63) is 33.6 Å². The standard InChI is InChI=1S/C15H19Cl2FN2O.ClH/c1-8(13-11(16)5-6-12(18)14(13)17)20-15(21)9-3-2-4-10(19)7-9;/h5-6,8-10H,2-4,7,19H2,1H3,(H,20,21);1H. The number of nitrogens with one attached hydrogen (secondary N) is 1. The molecule has 1 fully saturated rings. The summed E-state index contributed by atoms with van der Waals surface area (Å²) in [7, 11) is 0. The van der Waals surface area contributed by atoms with E-state index in [4.69, 9.17) is 28.9 Å². The molecule has 1 saturated carbocycles. The Bertz CT molecular complexity index is 542. The summed E-state index contributed by atoms with van der Waals surface area (Å²) in [5.74, 6) is -0.715. The summed E-state index contributed by atoms with van der Waals surface area (Å²) in [6.07, 6.45) is 3.43. The van der Waals surface area contributed by atoms with Crippen molar-refractivity contribution in [2.45, 2.75) is 44.7 Å². The molecule has 7 heteroatoms. The first-order valence-corrected chi connectivity index (χ1v) is 7.85. The maximum Gasteiger partial charge on any atom is 0.223 e. The number of amides is 1.